The first kappa shape index (κ1) is 18.9. The molecular weight excluding hydrogens is 388 g/mol. The van der Waals surface area contributed by atoms with Crippen molar-refractivity contribution in [3.8, 4) is 0 Å². The van der Waals surface area contributed by atoms with E-state index in [-0.39, 0.29) is 11.3 Å². The Kier molecular flexibility index (Phi) is 4.91. The fourth-order valence-corrected chi connectivity index (χ4v) is 3.66. The number of aryl methyl sites for hydroxylation is 1. The molecule has 0 aliphatic carbocycles. The molecule has 1 fully saturated rings. The van der Waals surface area contributed by atoms with Crippen LogP contribution < -0.4 is 4.90 Å². The highest BCUT2D eigenvalue weighted by Crippen LogP contribution is 2.43. The van der Waals surface area contributed by atoms with E-state index in [1.165, 1.54) is 11.1 Å². The average molecular weight is 405 g/mol. The van der Waals surface area contributed by atoms with Gasteiger partial charge in [-0.15, -0.1) is 0 Å². The third kappa shape index (κ3) is 3.30. The third-order valence-electron chi connectivity index (χ3n) is 4.87. The Balaban J connectivity index is 1.97. The first-order chi connectivity index (χ1) is 14.0. The van der Waals surface area contributed by atoms with Gasteiger partial charge in [-0.2, -0.15) is 0 Å². The molecule has 1 aliphatic rings. The number of hydrogen-bond acceptors (Lipinski definition) is 4. The second-order valence-electron chi connectivity index (χ2n) is 6.74. The highest BCUT2D eigenvalue weighted by Gasteiger charge is 2.48. The van der Waals surface area contributed by atoms with Gasteiger partial charge in [-0.05, 0) is 30.7 Å². The first-order valence-electron chi connectivity index (χ1n) is 9.02. The lowest BCUT2D eigenvalue weighted by Gasteiger charge is -2.25. The van der Waals surface area contributed by atoms with Gasteiger partial charge in [0, 0.05) is 16.8 Å². The predicted molar refractivity (Wildman–Crippen MR) is 112 cm³/mol. The number of aliphatic hydroxyl groups excluding tert-OH is 1. The number of aromatic nitrogens is 1. The number of benzene rings is 2. The van der Waals surface area contributed by atoms with Crippen molar-refractivity contribution in [1.82, 2.24) is 4.98 Å². The van der Waals surface area contributed by atoms with Crippen LogP contribution in [0.4, 0.5) is 5.82 Å². The summed E-state index contributed by atoms with van der Waals surface area (Å²) < 4.78 is 0. The lowest BCUT2D eigenvalue weighted by Crippen LogP contribution is -2.30. The number of ketones is 1. The number of pyridine rings is 1. The Bertz CT molecular complexity index is 1120. The standard InChI is InChI=1S/C23H17ClN2O3/c1-14-9-11-15(12-10-14)21(27)19-20(16-6-2-3-7-17(16)24)26(23(29)22(19)28)18-8-4-5-13-25-18/h2-13,20,27H,1H3/t20-/m0/s1. The summed E-state index contributed by atoms with van der Waals surface area (Å²) in [5.41, 5.74) is 1.98. The van der Waals surface area contributed by atoms with E-state index in [4.69, 9.17) is 11.6 Å². The SMILES string of the molecule is Cc1ccc(C(O)=C2C(=O)C(=O)N(c3ccccn3)[C@H]2c2ccccc2Cl)cc1. The number of carbonyl (C=O) groups is 2. The van der Waals surface area contributed by atoms with Crippen LogP contribution in [0.5, 0.6) is 0 Å². The summed E-state index contributed by atoms with van der Waals surface area (Å²) in [5, 5.41) is 11.4. The molecular formula is C23H17ClN2O3. The molecule has 5 nitrogen and oxygen atoms in total. The van der Waals surface area contributed by atoms with E-state index in [1.54, 1.807) is 54.6 Å². The number of amides is 1. The molecule has 0 radical (unpaired) electrons. The average Bonchev–Trinajstić information content (AvgIpc) is 3.00. The minimum absolute atomic E-state index is 0.0161. The van der Waals surface area contributed by atoms with Gasteiger partial charge in [0.1, 0.15) is 11.6 Å². The van der Waals surface area contributed by atoms with Crippen molar-refractivity contribution in [1.29, 1.82) is 0 Å². The molecule has 29 heavy (non-hydrogen) atoms. The Hall–Kier alpha value is -3.44. The maximum Gasteiger partial charge on any atom is 0.301 e. The Morgan fingerprint density at radius 1 is 1.00 bits per heavy atom. The minimum Gasteiger partial charge on any atom is -0.507 e. The molecule has 0 spiro atoms. The van der Waals surface area contributed by atoms with Gasteiger partial charge in [-0.25, -0.2) is 4.98 Å². The Labute approximate surface area is 172 Å². The number of aliphatic hydroxyl groups is 1. The maximum absolute atomic E-state index is 13.0. The van der Waals surface area contributed by atoms with Crippen molar-refractivity contribution in [3.63, 3.8) is 0 Å². The van der Waals surface area contributed by atoms with Gasteiger partial charge < -0.3 is 5.11 Å². The van der Waals surface area contributed by atoms with Crippen LogP contribution in [0.3, 0.4) is 0 Å². The van der Waals surface area contributed by atoms with Crippen LogP contribution in [0.1, 0.15) is 22.7 Å². The predicted octanol–water partition coefficient (Wildman–Crippen LogP) is 4.67. The van der Waals surface area contributed by atoms with Crippen molar-refractivity contribution < 1.29 is 14.7 Å². The molecule has 6 heteroatoms. The van der Waals surface area contributed by atoms with E-state index < -0.39 is 17.7 Å². The lowest BCUT2D eigenvalue weighted by atomic mass is 9.95. The normalized spacial score (nSPS) is 18.3. The van der Waals surface area contributed by atoms with Gasteiger partial charge >= 0.3 is 5.91 Å². The van der Waals surface area contributed by atoms with E-state index >= 15 is 0 Å². The van der Waals surface area contributed by atoms with E-state index in [0.717, 1.165) is 5.56 Å². The fraction of sp³-hybridized carbons (Fsp3) is 0.0870. The number of anilines is 1. The monoisotopic (exact) mass is 404 g/mol. The highest BCUT2D eigenvalue weighted by molar-refractivity contribution is 6.51. The molecule has 1 aromatic heterocycles. The quantitative estimate of drug-likeness (QED) is 0.391. The smallest absolute Gasteiger partial charge is 0.301 e. The number of carbonyl (C=O) groups excluding carboxylic acids is 2. The molecule has 1 aliphatic heterocycles. The van der Waals surface area contributed by atoms with Crippen molar-refractivity contribution in [2.75, 3.05) is 4.90 Å². The zero-order chi connectivity index (χ0) is 20.5. The topological polar surface area (TPSA) is 70.5 Å². The number of nitrogens with zero attached hydrogens (tertiary/aromatic N) is 2. The zero-order valence-electron chi connectivity index (χ0n) is 15.5. The molecule has 1 saturated heterocycles. The zero-order valence-corrected chi connectivity index (χ0v) is 16.3. The van der Waals surface area contributed by atoms with Gasteiger partial charge in [-0.1, -0.05) is 65.7 Å². The molecule has 4 rings (SSSR count). The lowest BCUT2D eigenvalue weighted by molar-refractivity contribution is -0.132. The maximum atomic E-state index is 13.0. The molecule has 0 unspecified atom stereocenters. The highest BCUT2D eigenvalue weighted by atomic mass is 35.5. The fourth-order valence-electron chi connectivity index (χ4n) is 3.42. The Morgan fingerprint density at radius 2 is 1.69 bits per heavy atom. The van der Waals surface area contributed by atoms with Gasteiger partial charge in [0.15, 0.2) is 0 Å². The van der Waals surface area contributed by atoms with E-state index in [9.17, 15) is 14.7 Å². The van der Waals surface area contributed by atoms with Crippen molar-refractivity contribution in [2.24, 2.45) is 0 Å². The molecule has 144 valence electrons. The van der Waals surface area contributed by atoms with E-state index in [1.807, 2.05) is 19.1 Å². The van der Waals surface area contributed by atoms with Crippen LogP contribution in [-0.2, 0) is 9.59 Å². The summed E-state index contributed by atoms with van der Waals surface area (Å²) in [4.78, 5) is 31.5. The largest absolute Gasteiger partial charge is 0.507 e. The summed E-state index contributed by atoms with van der Waals surface area (Å²) in [6.45, 7) is 1.92. The first-order valence-corrected chi connectivity index (χ1v) is 9.40. The molecule has 0 bridgehead atoms. The van der Waals surface area contributed by atoms with Crippen LogP contribution in [0.2, 0.25) is 5.02 Å². The van der Waals surface area contributed by atoms with Crippen LogP contribution in [-0.4, -0.2) is 21.8 Å². The summed E-state index contributed by atoms with van der Waals surface area (Å²) in [6, 6.07) is 18.2. The van der Waals surface area contributed by atoms with Crippen molar-refractivity contribution in [2.45, 2.75) is 13.0 Å². The van der Waals surface area contributed by atoms with Gasteiger partial charge in [0.2, 0.25) is 0 Å². The molecule has 3 aromatic rings. The molecule has 1 amide bonds. The summed E-state index contributed by atoms with van der Waals surface area (Å²) in [6.07, 6.45) is 1.54. The molecule has 1 atom stereocenters. The number of Topliss-reactive ketones (excluding diaryl/α,β-unsaturated/α-hetero) is 1. The Morgan fingerprint density at radius 3 is 2.34 bits per heavy atom. The summed E-state index contributed by atoms with van der Waals surface area (Å²) >= 11 is 6.42. The van der Waals surface area contributed by atoms with Crippen LogP contribution in [0, 0.1) is 6.92 Å². The van der Waals surface area contributed by atoms with Crippen LogP contribution in [0.25, 0.3) is 5.76 Å². The summed E-state index contributed by atoms with van der Waals surface area (Å²) in [7, 11) is 0. The van der Waals surface area contributed by atoms with Crippen molar-refractivity contribution >= 4 is 34.9 Å². The van der Waals surface area contributed by atoms with Gasteiger partial charge in [0.25, 0.3) is 5.78 Å². The molecule has 2 heterocycles. The van der Waals surface area contributed by atoms with Gasteiger partial charge in [0.05, 0.1) is 11.6 Å². The van der Waals surface area contributed by atoms with E-state index in [0.29, 0.717) is 22.0 Å². The minimum atomic E-state index is -0.889. The summed E-state index contributed by atoms with van der Waals surface area (Å²) in [5.74, 6) is -1.48. The van der Waals surface area contributed by atoms with Gasteiger partial charge in [-0.3, -0.25) is 14.5 Å². The second-order valence-corrected chi connectivity index (χ2v) is 7.15. The third-order valence-corrected chi connectivity index (χ3v) is 5.21. The second kappa shape index (κ2) is 7.53. The molecule has 1 N–H and O–H groups in total. The molecule has 2 aromatic carbocycles. The van der Waals surface area contributed by atoms with Crippen molar-refractivity contribution in [3.05, 3.63) is 100 Å². The number of halogens is 1. The van der Waals surface area contributed by atoms with E-state index in [2.05, 4.69) is 4.98 Å². The molecule has 0 saturated carbocycles. The number of hydrogen-bond donors (Lipinski definition) is 1. The number of rotatable bonds is 3. The van der Waals surface area contributed by atoms with Crippen LogP contribution >= 0.6 is 11.6 Å². The van der Waals surface area contributed by atoms with Crippen LogP contribution in [0.15, 0.2) is 78.5 Å².